The van der Waals surface area contributed by atoms with Gasteiger partial charge >= 0.3 is 0 Å². The zero-order valence-electron chi connectivity index (χ0n) is 15.7. The molecular formula is C20H21N7O2. The van der Waals surface area contributed by atoms with Gasteiger partial charge in [0.25, 0.3) is 5.91 Å². The van der Waals surface area contributed by atoms with Gasteiger partial charge in [0, 0.05) is 32.1 Å². The number of aliphatic hydroxyl groups is 1. The van der Waals surface area contributed by atoms with Gasteiger partial charge in [-0.05, 0) is 37.0 Å². The number of hydrogen-bond donors (Lipinski definition) is 3. The minimum atomic E-state index is -0.260. The first kappa shape index (κ1) is 17.6. The van der Waals surface area contributed by atoms with Crippen LogP contribution in [0, 0.1) is 5.92 Å². The largest absolute Gasteiger partial charge is 0.396 e. The molecule has 29 heavy (non-hydrogen) atoms. The Kier molecular flexibility index (Phi) is 4.36. The second-order valence-electron chi connectivity index (χ2n) is 7.30. The van der Waals surface area contributed by atoms with Crippen molar-refractivity contribution in [1.29, 1.82) is 0 Å². The van der Waals surface area contributed by atoms with Crippen LogP contribution in [0.25, 0.3) is 16.7 Å². The van der Waals surface area contributed by atoms with Crippen LogP contribution in [-0.4, -0.2) is 55.3 Å². The van der Waals surface area contributed by atoms with E-state index in [-0.39, 0.29) is 12.5 Å². The fourth-order valence-electron chi connectivity index (χ4n) is 3.87. The van der Waals surface area contributed by atoms with Gasteiger partial charge in [-0.1, -0.05) is 0 Å². The van der Waals surface area contributed by atoms with Crippen molar-refractivity contribution in [3.63, 3.8) is 0 Å². The molecular weight excluding hydrogens is 370 g/mol. The monoisotopic (exact) mass is 391 g/mol. The summed E-state index contributed by atoms with van der Waals surface area (Å²) in [5.41, 5.74) is 4.27. The Labute approximate surface area is 166 Å². The Morgan fingerprint density at radius 3 is 2.97 bits per heavy atom. The van der Waals surface area contributed by atoms with E-state index < -0.39 is 0 Å². The van der Waals surface area contributed by atoms with Crippen molar-refractivity contribution >= 4 is 34.0 Å². The van der Waals surface area contributed by atoms with Crippen LogP contribution in [0.1, 0.15) is 23.2 Å². The summed E-state index contributed by atoms with van der Waals surface area (Å²) in [6.45, 7) is 1.86. The molecule has 1 aromatic carbocycles. The zero-order chi connectivity index (χ0) is 19.8. The van der Waals surface area contributed by atoms with Gasteiger partial charge in [0.1, 0.15) is 5.56 Å². The molecule has 4 aromatic rings. The number of nitrogens with zero attached hydrogens (tertiary/aromatic N) is 5. The van der Waals surface area contributed by atoms with Crippen LogP contribution in [0.15, 0.2) is 43.1 Å². The van der Waals surface area contributed by atoms with E-state index in [0.717, 1.165) is 42.7 Å². The van der Waals surface area contributed by atoms with Crippen molar-refractivity contribution < 1.29 is 9.90 Å². The molecule has 0 aliphatic carbocycles. The number of anilines is 2. The highest BCUT2D eigenvalue weighted by Crippen LogP contribution is 2.33. The number of aromatic amines is 1. The third kappa shape index (κ3) is 3.19. The summed E-state index contributed by atoms with van der Waals surface area (Å²) in [6.07, 6.45) is 8.40. The normalized spacial score (nSPS) is 15.3. The van der Waals surface area contributed by atoms with E-state index in [2.05, 4.69) is 30.3 Å². The maximum atomic E-state index is 13.0. The number of piperidine rings is 1. The number of H-pyrrole nitrogens is 1. The number of carbonyl (C=O) groups is 1. The average molecular weight is 391 g/mol. The van der Waals surface area contributed by atoms with Crippen molar-refractivity contribution in [3.8, 4) is 0 Å². The van der Waals surface area contributed by atoms with Crippen LogP contribution in [0.3, 0.4) is 0 Å². The zero-order valence-corrected chi connectivity index (χ0v) is 15.7. The molecule has 0 saturated carbocycles. The lowest BCUT2D eigenvalue weighted by Crippen LogP contribution is -2.35. The molecule has 9 nitrogen and oxygen atoms in total. The fraction of sp³-hybridized carbons (Fsp3) is 0.300. The molecule has 1 aliphatic rings. The molecule has 0 bridgehead atoms. The molecule has 1 aliphatic heterocycles. The summed E-state index contributed by atoms with van der Waals surface area (Å²) >= 11 is 0. The van der Waals surface area contributed by atoms with E-state index in [1.807, 2.05) is 12.1 Å². The van der Waals surface area contributed by atoms with Crippen LogP contribution in [0.4, 0.5) is 11.4 Å². The van der Waals surface area contributed by atoms with E-state index in [4.69, 9.17) is 0 Å². The molecule has 4 heterocycles. The molecule has 9 heteroatoms. The highest BCUT2D eigenvalue weighted by atomic mass is 16.3. The number of aromatic nitrogens is 5. The lowest BCUT2D eigenvalue weighted by molar-refractivity contribution is 0.102. The lowest BCUT2D eigenvalue weighted by atomic mass is 9.97. The Morgan fingerprint density at radius 1 is 1.28 bits per heavy atom. The number of nitrogens with one attached hydrogen (secondary N) is 2. The van der Waals surface area contributed by atoms with Gasteiger partial charge in [0.05, 0.1) is 34.9 Å². The predicted octanol–water partition coefficient (Wildman–Crippen LogP) is 2.07. The van der Waals surface area contributed by atoms with Gasteiger partial charge in [-0.2, -0.15) is 5.10 Å². The first-order valence-electron chi connectivity index (χ1n) is 9.65. The van der Waals surface area contributed by atoms with Gasteiger partial charge in [-0.25, -0.2) is 14.5 Å². The second kappa shape index (κ2) is 7.17. The number of carbonyl (C=O) groups excluding carboxylic acids is 1. The Morgan fingerprint density at radius 2 is 2.14 bits per heavy atom. The first-order valence-corrected chi connectivity index (χ1v) is 9.65. The smallest absolute Gasteiger partial charge is 0.261 e. The van der Waals surface area contributed by atoms with Crippen molar-refractivity contribution in [2.45, 2.75) is 12.8 Å². The number of benzene rings is 1. The summed E-state index contributed by atoms with van der Waals surface area (Å²) in [6, 6.07) is 5.67. The van der Waals surface area contributed by atoms with Gasteiger partial charge in [0.15, 0.2) is 5.65 Å². The predicted molar refractivity (Wildman–Crippen MR) is 109 cm³/mol. The summed E-state index contributed by atoms with van der Waals surface area (Å²) in [4.78, 5) is 27.0. The van der Waals surface area contributed by atoms with Crippen LogP contribution in [0.5, 0.6) is 0 Å². The molecule has 0 unspecified atom stereocenters. The van der Waals surface area contributed by atoms with E-state index in [1.165, 1.54) is 6.20 Å². The highest BCUT2D eigenvalue weighted by molar-refractivity contribution is 6.10. The number of rotatable bonds is 4. The summed E-state index contributed by atoms with van der Waals surface area (Å²) in [5, 5.41) is 16.7. The maximum absolute atomic E-state index is 13.0. The van der Waals surface area contributed by atoms with Gasteiger partial charge in [-0.3, -0.25) is 4.79 Å². The Balaban J connectivity index is 1.49. The van der Waals surface area contributed by atoms with E-state index >= 15 is 0 Å². The molecule has 0 spiro atoms. The van der Waals surface area contributed by atoms with Crippen molar-refractivity contribution in [1.82, 2.24) is 24.6 Å². The van der Waals surface area contributed by atoms with Crippen molar-refractivity contribution in [3.05, 3.63) is 48.7 Å². The SMILES string of the molecule is O=C(Nc1cc2[nH]cnc2cc1N1CCC(CO)CC1)c1cnn2cccnc12. The Hall–Kier alpha value is -3.46. The number of hydrogen-bond acceptors (Lipinski definition) is 6. The number of imidazole rings is 1. The molecule has 5 rings (SSSR count). The summed E-state index contributed by atoms with van der Waals surface area (Å²) < 4.78 is 1.58. The molecule has 0 atom stereocenters. The molecule has 3 N–H and O–H groups in total. The van der Waals surface area contributed by atoms with Crippen molar-refractivity contribution in [2.24, 2.45) is 5.92 Å². The number of amides is 1. The topological polar surface area (TPSA) is 111 Å². The minimum absolute atomic E-state index is 0.220. The highest BCUT2D eigenvalue weighted by Gasteiger charge is 2.23. The summed E-state index contributed by atoms with van der Waals surface area (Å²) in [5.74, 6) is 0.0762. The van der Waals surface area contributed by atoms with Crippen molar-refractivity contribution in [2.75, 3.05) is 29.9 Å². The number of fused-ring (bicyclic) bond motifs is 2. The van der Waals surface area contributed by atoms with Crippen LogP contribution >= 0.6 is 0 Å². The molecule has 1 saturated heterocycles. The maximum Gasteiger partial charge on any atom is 0.261 e. The van der Waals surface area contributed by atoms with Gasteiger partial charge < -0.3 is 20.3 Å². The third-order valence-corrected chi connectivity index (χ3v) is 5.52. The summed E-state index contributed by atoms with van der Waals surface area (Å²) in [7, 11) is 0. The van der Waals surface area contributed by atoms with Gasteiger partial charge in [-0.15, -0.1) is 0 Å². The van der Waals surface area contributed by atoms with E-state index in [9.17, 15) is 9.90 Å². The van der Waals surface area contributed by atoms with Crippen LogP contribution < -0.4 is 10.2 Å². The van der Waals surface area contributed by atoms with E-state index in [0.29, 0.717) is 22.8 Å². The van der Waals surface area contributed by atoms with E-state index in [1.54, 1.807) is 29.3 Å². The number of aliphatic hydroxyl groups excluding tert-OH is 1. The standard InChI is InChI=1S/C20H21N7O2/c28-11-13-2-6-26(7-3-13)18-9-16-15(22-12-23-16)8-17(18)25-20(29)14-10-24-27-5-1-4-21-19(14)27/h1,4-5,8-10,12-13,28H,2-3,6-7,11H2,(H,22,23)(H,25,29). The fourth-order valence-corrected chi connectivity index (χ4v) is 3.87. The average Bonchev–Trinajstić information content (AvgIpc) is 3.39. The molecule has 3 aromatic heterocycles. The lowest BCUT2D eigenvalue weighted by Gasteiger charge is -2.34. The van der Waals surface area contributed by atoms with Gasteiger partial charge in [0.2, 0.25) is 0 Å². The second-order valence-corrected chi connectivity index (χ2v) is 7.30. The quantitative estimate of drug-likeness (QED) is 0.491. The van der Waals surface area contributed by atoms with Crippen LogP contribution in [0.2, 0.25) is 0 Å². The minimum Gasteiger partial charge on any atom is -0.396 e. The van der Waals surface area contributed by atoms with Crippen LogP contribution in [-0.2, 0) is 0 Å². The third-order valence-electron chi connectivity index (χ3n) is 5.52. The molecule has 148 valence electrons. The molecule has 0 radical (unpaired) electrons. The first-order chi connectivity index (χ1) is 14.2. The molecule has 1 amide bonds. The Bertz CT molecular complexity index is 1170. The molecule has 1 fully saturated rings.